The molecule has 0 saturated carbocycles. The maximum Gasteiger partial charge on any atom is 0.166 e. The quantitative estimate of drug-likeness (QED) is 0.933. The number of benzene rings is 2. The minimum atomic E-state index is -0.769. The van der Waals surface area contributed by atoms with Gasteiger partial charge < -0.3 is 9.84 Å². The fourth-order valence-electron chi connectivity index (χ4n) is 1.53. The summed E-state index contributed by atoms with van der Waals surface area (Å²) in [6.07, 6.45) is -0.769. The predicted molar refractivity (Wildman–Crippen MR) is 71.0 cm³/mol. The molecule has 0 saturated heterocycles. The molecule has 0 aliphatic heterocycles. The molecular formula is C14H12BrFO2. The van der Waals surface area contributed by atoms with Gasteiger partial charge in [0.2, 0.25) is 0 Å². The Balaban J connectivity index is 1.99. The van der Waals surface area contributed by atoms with Crippen molar-refractivity contribution in [2.75, 3.05) is 6.61 Å². The molecule has 2 aromatic carbocycles. The fourth-order valence-corrected chi connectivity index (χ4v) is 1.87. The summed E-state index contributed by atoms with van der Waals surface area (Å²) >= 11 is 3.17. The smallest absolute Gasteiger partial charge is 0.166 e. The fraction of sp³-hybridized carbons (Fsp3) is 0.143. The molecule has 0 spiro atoms. The Morgan fingerprint density at radius 1 is 1.17 bits per heavy atom. The van der Waals surface area contributed by atoms with Gasteiger partial charge in [-0.2, -0.15) is 0 Å². The molecule has 2 aromatic rings. The number of ether oxygens (including phenoxy) is 1. The van der Waals surface area contributed by atoms with Crippen LogP contribution < -0.4 is 4.74 Å². The Labute approximate surface area is 113 Å². The lowest BCUT2D eigenvalue weighted by atomic mass is 10.1. The highest BCUT2D eigenvalue weighted by atomic mass is 79.9. The van der Waals surface area contributed by atoms with Gasteiger partial charge in [0.25, 0.3) is 0 Å². The number of rotatable bonds is 4. The Morgan fingerprint density at radius 2 is 1.89 bits per heavy atom. The molecule has 1 unspecified atom stereocenters. The molecule has 0 fully saturated rings. The van der Waals surface area contributed by atoms with Gasteiger partial charge in [-0.15, -0.1) is 0 Å². The van der Waals surface area contributed by atoms with Gasteiger partial charge in [-0.3, -0.25) is 0 Å². The number of aliphatic hydroxyl groups excluding tert-OH is 1. The molecule has 1 atom stereocenters. The van der Waals surface area contributed by atoms with E-state index in [-0.39, 0.29) is 12.4 Å². The maximum absolute atomic E-state index is 13.5. The summed E-state index contributed by atoms with van der Waals surface area (Å²) in [6, 6.07) is 13.7. The highest BCUT2D eigenvalue weighted by Crippen LogP contribution is 2.23. The van der Waals surface area contributed by atoms with Gasteiger partial charge in [0, 0.05) is 4.47 Å². The van der Waals surface area contributed by atoms with Crippen molar-refractivity contribution in [3.63, 3.8) is 0 Å². The monoisotopic (exact) mass is 310 g/mol. The number of hydrogen-bond donors (Lipinski definition) is 1. The SMILES string of the molecule is OC(COc1ccc(Br)cc1F)c1ccccc1. The van der Waals surface area contributed by atoms with Crippen molar-refractivity contribution in [3.8, 4) is 5.75 Å². The van der Waals surface area contributed by atoms with Crippen molar-refractivity contribution in [2.24, 2.45) is 0 Å². The van der Waals surface area contributed by atoms with Gasteiger partial charge in [0.15, 0.2) is 11.6 Å². The molecule has 0 aromatic heterocycles. The van der Waals surface area contributed by atoms with Crippen molar-refractivity contribution in [3.05, 3.63) is 64.4 Å². The van der Waals surface area contributed by atoms with Crippen LogP contribution in [0.5, 0.6) is 5.75 Å². The first kappa shape index (κ1) is 13.1. The lowest BCUT2D eigenvalue weighted by molar-refractivity contribution is 0.106. The first-order chi connectivity index (χ1) is 8.66. The second-order valence-electron chi connectivity index (χ2n) is 3.81. The first-order valence-corrected chi connectivity index (χ1v) is 6.27. The van der Waals surface area contributed by atoms with Crippen LogP contribution in [0.2, 0.25) is 0 Å². The average molecular weight is 311 g/mol. The van der Waals surface area contributed by atoms with Crippen molar-refractivity contribution >= 4 is 15.9 Å². The van der Waals surface area contributed by atoms with E-state index in [0.29, 0.717) is 4.47 Å². The molecule has 1 N–H and O–H groups in total. The average Bonchev–Trinajstić information content (AvgIpc) is 2.38. The highest BCUT2D eigenvalue weighted by molar-refractivity contribution is 9.10. The van der Waals surface area contributed by atoms with E-state index < -0.39 is 11.9 Å². The molecule has 0 heterocycles. The van der Waals surface area contributed by atoms with Crippen LogP contribution in [0.25, 0.3) is 0 Å². The van der Waals surface area contributed by atoms with Crippen LogP contribution in [-0.4, -0.2) is 11.7 Å². The highest BCUT2D eigenvalue weighted by Gasteiger charge is 2.10. The van der Waals surface area contributed by atoms with E-state index >= 15 is 0 Å². The minimum Gasteiger partial charge on any atom is -0.487 e. The van der Waals surface area contributed by atoms with Crippen LogP contribution in [0.15, 0.2) is 53.0 Å². The van der Waals surface area contributed by atoms with Gasteiger partial charge in [-0.25, -0.2) is 4.39 Å². The summed E-state index contributed by atoms with van der Waals surface area (Å²) in [5.41, 5.74) is 0.745. The summed E-state index contributed by atoms with van der Waals surface area (Å²) in [4.78, 5) is 0. The molecule has 0 amide bonds. The largest absolute Gasteiger partial charge is 0.487 e. The Bertz CT molecular complexity index is 516. The zero-order chi connectivity index (χ0) is 13.0. The van der Waals surface area contributed by atoms with Crippen molar-refractivity contribution < 1.29 is 14.2 Å². The standard InChI is InChI=1S/C14H12BrFO2/c15-11-6-7-14(12(16)8-11)18-9-13(17)10-4-2-1-3-5-10/h1-8,13,17H,9H2. The number of hydrogen-bond acceptors (Lipinski definition) is 2. The Kier molecular flexibility index (Phi) is 4.33. The molecule has 0 aliphatic carbocycles. The van der Waals surface area contributed by atoms with Crippen LogP contribution in [0.3, 0.4) is 0 Å². The number of halogens is 2. The molecule has 18 heavy (non-hydrogen) atoms. The van der Waals surface area contributed by atoms with Gasteiger partial charge in [-0.1, -0.05) is 46.3 Å². The second-order valence-corrected chi connectivity index (χ2v) is 4.73. The minimum absolute atomic E-state index is 0.0164. The van der Waals surface area contributed by atoms with Crippen LogP contribution >= 0.6 is 15.9 Å². The van der Waals surface area contributed by atoms with E-state index in [0.717, 1.165) is 5.56 Å². The van der Waals surface area contributed by atoms with E-state index in [4.69, 9.17) is 4.74 Å². The van der Waals surface area contributed by atoms with Crippen LogP contribution in [0.4, 0.5) is 4.39 Å². The van der Waals surface area contributed by atoms with Crippen molar-refractivity contribution in [1.29, 1.82) is 0 Å². The second kappa shape index (κ2) is 5.98. The van der Waals surface area contributed by atoms with Crippen molar-refractivity contribution in [2.45, 2.75) is 6.10 Å². The lowest BCUT2D eigenvalue weighted by Crippen LogP contribution is -2.10. The Morgan fingerprint density at radius 3 is 2.56 bits per heavy atom. The number of aliphatic hydroxyl groups is 1. The van der Waals surface area contributed by atoms with E-state index in [1.54, 1.807) is 18.2 Å². The van der Waals surface area contributed by atoms with Gasteiger partial charge in [-0.05, 0) is 23.8 Å². The molecule has 0 aliphatic rings. The molecule has 2 nitrogen and oxygen atoms in total. The zero-order valence-corrected chi connectivity index (χ0v) is 11.1. The van der Waals surface area contributed by atoms with Gasteiger partial charge >= 0.3 is 0 Å². The third-order valence-electron chi connectivity index (χ3n) is 2.47. The van der Waals surface area contributed by atoms with Gasteiger partial charge in [0.05, 0.1) is 0 Å². The molecule has 94 valence electrons. The molecule has 0 radical (unpaired) electrons. The van der Waals surface area contributed by atoms with Gasteiger partial charge in [0.1, 0.15) is 12.7 Å². The predicted octanol–water partition coefficient (Wildman–Crippen LogP) is 3.70. The summed E-state index contributed by atoms with van der Waals surface area (Å²) in [6.45, 7) is 0.0164. The normalized spacial score (nSPS) is 12.2. The molecule has 4 heteroatoms. The van der Waals surface area contributed by atoms with Crippen LogP contribution in [0, 0.1) is 5.82 Å². The van der Waals surface area contributed by atoms with E-state index in [2.05, 4.69) is 15.9 Å². The third-order valence-corrected chi connectivity index (χ3v) is 2.97. The van der Waals surface area contributed by atoms with E-state index in [1.165, 1.54) is 12.1 Å². The van der Waals surface area contributed by atoms with Crippen LogP contribution in [-0.2, 0) is 0 Å². The zero-order valence-electron chi connectivity index (χ0n) is 9.51. The van der Waals surface area contributed by atoms with Crippen LogP contribution in [0.1, 0.15) is 11.7 Å². The molecular weight excluding hydrogens is 299 g/mol. The van der Waals surface area contributed by atoms with E-state index in [1.807, 2.05) is 18.2 Å². The topological polar surface area (TPSA) is 29.5 Å². The van der Waals surface area contributed by atoms with Crippen molar-refractivity contribution in [1.82, 2.24) is 0 Å². The first-order valence-electron chi connectivity index (χ1n) is 5.47. The summed E-state index contributed by atoms with van der Waals surface area (Å²) < 4.78 is 19.4. The summed E-state index contributed by atoms with van der Waals surface area (Å²) in [5.74, 6) is -0.321. The Hall–Kier alpha value is -1.39. The summed E-state index contributed by atoms with van der Waals surface area (Å²) in [7, 11) is 0. The molecule has 2 rings (SSSR count). The van der Waals surface area contributed by atoms with E-state index in [9.17, 15) is 9.50 Å². The maximum atomic E-state index is 13.5. The summed E-state index contributed by atoms with van der Waals surface area (Å²) in [5, 5.41) is 9.87. The third kappa shape index (κ3) is 3.31. The molecule has 0 bridgehead atoms. The lowest BCUT2D eigenvalue weighted by Gasteiger charge is -2.13.